The van der Waals surface area contributed by atoms with Crippen LogP contribution in [0.5, 0.6) is 0 Å². The molecule has 0 saturated heterocycles. The molecule has 4 rings (SSSR count). The summed E-state index contributed by atoms with van der Waals surface area (Å²) in [6.45, 7) is 3.74. The Morgan fingerprint density at radius 2 is 1.82 bits per heavy atom. The molecule has 2 atom stereocenters. The predicted octanol–water partition coefficient (Wildman–Crippen LogP) is 4.81. The summed E-state index contributed by atoms with van der Waals surface area (Å²) in [4.78, 5) is 26.8. The molecule has 7 heteroatoms. The molecular formula is C26H26ClNO5. The van der Waals surface area contributed by atoms with Crippen molar-refractivity contribution in [1.82, 2.24) is 0 Å². The number of carbonyl (C=O) groups is 2. The first kappa shape index (κ1) is 23.2. The number of rotatable bonds is 6. The molecule has 1 aliphatic rings. The van der Waals surface area contributed by atoms with Gasteiger partial charge in [0.2, 0.25) is 0 Å². The van der Waals surface area contributed by atoms with E-state index >= 15 is 0 Å². The Morgan fingerprint density at radius 1 is 1.09 bits per heavy atom. The number of hydrogen-bond acceptors (Lipinski definition) is 4. The van der Waals surface area contributed by atoms with Crippen LogP contribution in [0.3, 0.4) is 0 Å². The maximum absolute atomic E-state index is 13.6. The highest BCUT2D eigenvalue weighted by Crippen LogP contribution is 2.42. The number of amides is 1. The van der Waals surface area contributed by atoms with Gasteiger partial charge in [-0.3, -0.25) is 9.59 Å². The lowest BCUT2D eigenvalue weighted by Gasteiger charge is -2.32. The van der Waals surface area contributed by atoms with Gasteiger partial charge in [0.15, 0.2) is 0 Å². The molecule has 0 fully saturated rings. The van der Waals surface area contributed by atoms with Gasteiger partial charge in [0.1, 0.15) is 12.2 Å². The maximum Gasteiger partial charge on any atom is 0.306 e. The van der Waals surface area contributed by atoms with E-state index in [2.05, 4.69) is 0 Å². The van der Waals surface area contributed by atoms with Crippen LogP contribution in [0.2, 0.25) is 5.02 Å². The highest BCUT2D eigenvalue weighted by atomic mass is 35.5. The number of ether oxygens (including phenoxy) is 1. The van der Waals surface area contributed by atoms with E-state index < -0.39 is 35.9 Å². The Hall–Kier alpha value is -2.93. The number of benzene rings is 3. The summed E-state index contributed by atoms with van der Waals surface area (Å²) in [5.41, 5.74) is 1.48. The van der Waals surface area contributed by atoms with Gasteiger partial charge in [0, 0.05) is 34.8 Å². The summed E-state index contributed by atoms with van der Waals surface area (Å²) in [7, 11) is 0. The summed E-state index contributed by atoms with van der Waals surface area (Å²) in [5, 5.41) is 21.8. The Bertz CT molecular complexity index is 1200. The zero-order valence-electron chi connectivity index (χ0n) is 18.5. The van der Waals surface area contributed by atoms with Gasteiger partial charge in [-0.1, -0.05) is 67.9 Å². The van der Waals surface area contributed by atoms with E-state index in [1.165, 1.54) is 4.90 Å². The van der Waals surface area contributed by atoms with Crippen LogP contribution in [-0.4, -0.2) is 41.3 Å². The molecular weight excluding hydrogens is 442 g/mol. The van der Waals surface area contributed by atoms with E-state index in [1.54, 1.807) is 18.2 Å². The van der Waals surface area contributed by atoms with E-state index in [0.29, 0.717) is 16.3 Å². The SMILES string of the molecule is CC(C)(CO)CN1C(=O)[C@@H](CC(=O)O)O[C@H](c2cccc3ccccc23)c2cc(Cl)ccc21. The van der Waals surface area contributed by atoms with Crippen LogP contribution < -0.4 is 4.90 Å². The lowest BCUT2D eigenvalue weighted by atomic mass is 9.92. The van der Waals surface area contributed by atoms with Gasteiger partial charge in [0.25, 0.3) is 5.91 Å². The lowest BCUT2D eigenvalue weighted by Crippen LogP contribution is -2.45. The number of aliphatic hydroxyl groups is 1. The number of halogens is 1. The molecule has 33 heavy (non-hydrogen) atoms. The second-order valence-electron chi connectivity index (χ2n) is 9.12. The highest BCUT2D eigenvalue weighted by Gasteiger charge is 2.40. The molecule has 0 aliphatic carbocycles. The monoisotopic (exact) mass is 467 g/mol. The normalized spacial score (nSPS) is 18.8. The van der Waals surface area contributed by atoms with E-state index in [4.69, 9.17) is 16.3 Å². The zero-order chi connectivity index (χ0) is 23.8. The Morgan fingerprint density at radius 3 is 2.55 bits per heavy atom. The average Bonchev–Trinajstić information content (AvgIpc) is 2.88. The largest absolute Gasteiger partial charge is 0.481 e. The van der Waals surface area contributed by atoms with Crippen molar-refractivity contribution in [2.45, 2.75) is 32.5 Å². The van der Waals surface area contributed by atoms with Gasteiger partial charge >= 0.3 is 5.97 Å². The summed E-state index contributed by atoms with van der Waals surface area (Å²) >= 11 is 6.37. The third-order valence-electron chi connectivity index (χ3n) is 5.88. The van der Waals surface area contributed by atoms with Crippen LogP contribution >= 0.6 is 11.6 Å². The quantitative estimate of drug-likeness (QED) is 0.543. The molecule has 0 radical (unpaired) electrons. The molecule has 0 aromatic heterocycles. The minimum Gasteiger partial charge on any atom is -0.481 e. The Balaban J connectivity index is 1.95. The number of carboxylic acids is 1. The lowest BCUT2D eigenvalue weighted by molar-refractivity contribution is -0.147. The number of anilines is 1. The van der Waals surface area contributed by atoms with Crippen molar-refractivity contribution in [2.24, 2.45) is 5.41 Å². The van der Waals surface area contributed by atoms with Crippen LogP contribution in [-0.2, 0) is 14.3 Å². The van der Waals surface area contributed by atoms with Gasteiger partial charge < -0.3 is 19.8 Å². The molecule has 3 aromatic carbocycles. The fourth-order valence-electron chi connectivity index (χ4n) is 4.22. The summed E-state index contributed by atoms with van der Waals surface area (Å²) in [6.07, 6.45) is -2.38. The molecule has 1 amide bonds. The molecule has 2 N–H and O–H groups in total. The Kier molecular flexibility index (Phi) is 6.43. The predicted molar refractivity (Wildman–Crippen MR) is 128 cm³/mol. The fraction of sp³-hybridized carbons (Fsp3) is 0.308. The number of aliphatic hydroxyl groups excluding tert-OH is 1. The van der Waals surface area contributed by atoms with Crippen molar-refractivity contribution in [3.63, 3.8) is 0 Å². The molecule has 172 valence electrons. The van der Waals surface area contributed by atoms with Crippen LogP contribution in [0.4, 0.5) is 5.69 Å². The van der Waals surface area contributed by atoms with E-state index in [1.807, 2.05) is 56.3 Å². The van der Waals surface area contributed by atoms with E-state index in [0.717, 1.165) is 16.3 Å². The van der Waals surface area contributed by atoms with Crippen molar-refractivity contribution in [1.29, 1.82) is 0 Å². The van der Waals surface area contributed by atoms with Crippen LogP contribution in [0, 0.1) is 5.41 Å². The number of fused-ring (bicyclic) bond motifs is 2. The van der Waals surface area contributed by atoms with Crippen molar-refractivity contribution in [2.75, 3.05) is 18.1 Å². The highest BCUT2D eigenvalue weighted by molar-refractivity contribution is 6.30. The first-order valence-electron chi connectivity index (χ1n) is 10.8. The van der Waals surface area contributed by atoms with Gasteiger partial charge in [-0.05, 0) is 34.5 Å². The molecule has 0 unspecified atom stereocenters. The first-order chi connectivity index (χ1) is 15.7. The molecule has 0 saturated carbocycles. The standard InChI is InChI=1S/C26H26ClNO5/c1-26(2,15-29)14-28-21-11-10-17(27)12-20(21)24(33-22(25(28)32)13-23(30)31)19-9-5-7-16-6-3-4-8-18(16)19/h3-12,22,24,29H,13-15H2,1-2H3,(H,30,31)/t22-,24-/m1/s1. The number of carbonyl (C=O) groups excluding carboxylic acids is 1. The van der Waals surface area contributed by atoms with E-state index in [9.17, 15) is 19.8 Å². The fourth-order valence-corrected chi connectivity index (χ4v) is 4.41. The number of aliphatic carboxylic acids is 1. The third-order valence-corrected chi connectivity index (χ3v) is 6.12. The molecule has 0 bridgehead atoms. The zero-order valence-corrected chi connectivity index (χ0v) is 19.2. The smallest absolute Gasteiger partial charge is 0.306 e. The Labute approximate surface area is 197 Å². The van der Waals surface area contributed by atoms with Crippen LogP contribution in [0.15, 0.2) is 60.7 Å². The molecule has 3 aromatic rings. The second kappa shape index (κ2) is 9.14. The molecule has 1 heterocycles. The second-order valence-corrected chi connectivity index (χ2v) is 9.56. The maximum atomic E-state index is 13.6. The first-order valence-corrected chi connectivity index (χ1v) is 11.1. The third kappa shape index (κ3) is 4.74. The molecule has 6 nitrogen and oxygen atoms in total. The summed E-state index contributed by atoms with van der Waals surface area (Å²) < 4.78 is 6.30. The summed E-state index contributed by atoms with van der Waals surface area (Å²) in [5.74, 6) is -1.58. The molecule has 1 aliphatic heterocycles. The topological polar surface area (TPSA) is 87.1 Å². The van der Waals surface area contributed by atoms with Gasteiger partial charge in [-0.2, -0.15) is 0 Å². The summed E-state index contributed by atoms with van der Waals surface area (Å²) in [6, 6.07) is 18.9. The van der Waals surface area contributed by atoms with Crippen molar-refractivity contribution in [3.8, 4) is 0 Å². The number of carboxylic acid groups (broad SMARTS) is 1. The van der Waals surface area contributed by atoms with Crippen molar-refractivity contribution < 1.29 is 24.5 Å². The average molecular weight is 468 g/mol. The molecule has 0 spiro atoms. The van der Waals surface area contributed by atoms with Gasteiger partial charge in [-0.15, -0.1) is 0 Å². The van der Waals surface area contributed by atoms with Gasteiger partial charge in [0.05, 0.1) is 6.42 Å². The minimum absolute atomic E-state index is 0.142. The minimum atomic E-state index is -1.20. The van der Waals surface area contributed by atoms with Crippen LogP contribution in [0.25, 0.3) is 10.8 Å². The van der Waals surface area contributed by atoms with Crippen LogP contribution in [0.1, 0.15) is 37.5 Å². The van der Waals surface area contributed by atoms with Crippen molar-refractivity contribution >= 4 is 39.9 Å². The van der Waals surface area contributed by atoms with Gasteiger partial charge in [-0.25, -0.2) is 0 Å². The number of hydrogen-bond donors (Lipinski definition) is 2. The van der Waals surface area contributed by atoms with E-state index in [-0.39, 0.29) is 13.2 Å². The number of nitrogens with zero attached hydrogens (tertiary/aromatic N) is 1. The van der Waals surface area contributed by atoms with Crippen molar-refractivity contribution in [3.05, 3.63) is 76.8 Å².